The number of aliphatic imine (C=N–C) groups is 1. The number of nitrogens with zero attached hydrogens (tertiary/aromatic N) is 2. The van der Waals surface area contributed by atoms with Crippen LogP contribution in [0.3, 0.4) is 0 Å². The summed E-state index contributed by atoms with van der Waals surface area (Å²) in [5.74, 6) is 2.86. The number of para-hydroxylation sites is 2. The molecule has 3 heteroatoms. The summed E-state index contributed by atoms with van der Waals surface area (Å²) in [7, 11) is 0. The van der Waals surface area contributed by atoms with E-state index in [9.17, 15) is 0 Å². The van der Waals surface area contributed by atoms with Gasteiger partial charge in [-0.2, -0.15) is 0 Å². The van der Waals surface area contributed by atoms with Gasteiger partial charge in [0, 0.05) is 22.4 Å². The molecule has 3 heterocycles. The molecule has 1 aliphatic carbocycles. The molecule has 59 heavy (non-hydrogen) atoms. The molecule has 10 rings (SSSR count). The van der Waals surface area contributed by atoms with Crippen molar-refractivity contribution in [2.45, 2.75) is 70.8 Å². The first-order valence-corrected chi connectivity index (χ1v) is 21.4. The van der Waals surface area contributed by atoms with Gasteiger partial charge in [-0.3, -0.25) is 9.98 Å². The van der Waals surface area contributed by atoms with E-state index in [-0.39, 0.29) is 6.04 Å². The number of fused-ring (bicyclic) bond motifs is 9. The highest BCUT2D eigenvalue weighted by Gasteiger charge is 2.51. The van der Waals surface area contributed by atoms with Crippen molar-refractivity contribution in [2.24, 2.45) is 10.9 Å². The number of rotatable bonds is 6. The predicted octanol–water partition coefficient (Wildman–Crippen LogP) is 14.5. The summed E-state index contributed by atoms with van der Waals surface area (Å²) in [5, 5.41) is 0. The summed E-state index contributed by atoms with van der Waals surface area (Å²) in [6.45, 7) is 11.3. The largest absolute Gasteiger partial charge is 0.457 e. The summed E-state index contributed by atoms with van der Waals surface area (Å²) in [4.78, 5) is 10.9. The van der Waals surface area contributed by atoms with Crippen LogP contribution in [0.4, 0.5) is 0 Å². The quantitative estimate of drug-likeness (QED) is 0.169. The van der Waals surface area contributed by atoms with E-state index in [0.29, 0.717) is 17.8 Å². The second kappa shape index (κ2) is 14.8. The Hall–Kier alpha value is -6.32. The topological polar surface area (TPSA) is 34.5 Å². The predicted molar refractivity (Wildman–Crippen MR) is 244 cm³/mol. The maximum atomic E-state index is 6.62. The summed E-state index contributed by atoms with van der Waals surface area (Å²) in [6.07, 6.45) is 4.34. The second-order valence-electron chi connectivity index (χ2n) is 17.3. The van der Waals surface area contributed by atoms with Gasteiger partial charge in [0.05, 0.1) is 22.9 Å². The Balaban J connectivity index is 1.09. The van der Waals surface area contributed by atoms with Gasteiger partial charge < -0.3 is 4.74 Å². The van der Waals surface area contributed by atoms with E-state index in [4.69, 9.17) is 14.7 Å². The minimum absolute atomic E-state index is 0.0301. The highest BCUT2D eigenvalue weighted by atomic mass is 16.5. The van der Waals surface area contributed by atoms with E-state index >= 15 is 0 Å². The van der Waals surface area contributed by atoms with Crippen LogP contribution in [0.5, 0.6) is 11.5 Å². The van der Waals surface area contributed by atoms with Crippen LogP contribution in [0.25, 0.3) is 27.8 Å². The van der Waals surface area contributed by atoms with Crippen LogP contribution in [-0.2, 0) is 5.41 Å². The third-order valence-corrected chi connectivity index (χ3v) is 12.9. The fourth-order valence-electron chi connectivity index (χ4n) is 9.91. The van der Waals surface area contributed by atoms with Crippen LogP contribution >= 0.6 is 0 Å². The van der Waals surface area contributed by atoms with Crippen LogP contribution in [0.2, 0.25) is 0 Å². The lowest BCUT2D eigenvalue weighted by molar-refractivity contribution is 0.434. The maximum Gasteiger partial charge on any atom is 0.132 e. The van der Waals surface area contributed by atoms with Crippen molar-refractivity contribution in [1.82, 2.24) is 4.98 Å². The van der Waals surface area contributed by atoms with E-state index in [0.717, 1.165) is 41.3 Å². The molecule has 3 nitrogen and oxygen atoms in total. The summed E-state index contributed by atoms with van der Waals surface area (Å²) in [6, 6.07) is 57.7. The van der Waals surface area contributed by atoms with Crippen molar-refractivity contribution >= 4 is 11.3 Å². The average Bonchev–Trinajstić information content (AvgIpc) is 3.55. The zero-order chi connectivity index (χ0) is 40.3. The van der Waals surface area contributed by atoms with Crippen LogP contribution in [-0.4, -0.2) is 10.7 Å². The Labute approximate surface area is 349 Å². The fraction of sp³-hybridized carbons (Fsp3) is 0.214. The van der Waals surface area contributed by atoms with Gasteiger partial charge >= 0.3 is 0 Å². The first-order chi connectivity index (χ1) is 28.8. The number of pyridine rings is 1. The van der Waals surface area contributed by atoms with Crippen molar-refractivity contribution < 1.29 is 4.74 Å². The standard InChI is InChI=1S/C56H50N2O/c1-35(2)50-32-31-43(54(57-50)36(3)4)39-27-25-38(26-28-39)41-24-23-37(5)55(58-51(34-41)40-15-7-6-8-16-40)42-29-30-45-44-17-9-10-18-46(44)56(49(45)33-42)47-19-11-13-21-52(47)59-53-22-14-12-20-48(53)56/h6-22,25-37,55H,23-24H2,1-5H3/b41-34+,58-51+. The number of aromatic nitrogens is 1. The minimum Gasteiger partial charge on any atom is -0.457 e. The Morgan fingerprint density at radius 3 is 1.86 bits per heavy atom. The molecule has 2 atom stereocenters. The van der Waals surface area contributed by atoms with E-state index in [1.807, 2.05) is 0 Å². The Bertz CT molecular complexity index is 2730. The summed E-state index contributed by atoms with van der Waals surface area (Å²) >= 11 is 0. The lowest BCUT2D eigenvalue weighted by atomic mass is 9.66. The molecule has 1 aromatic heterocycles. The SMILES string of the molecule is CC(C)c1ccc(-c2ccc(/C3=C/C(c4ccccc4)=N\C(c4ccc5c(c4)C4(c6ccccc6Oc6ccccc64)c4ccccc4-5)C(C)CC3)cc2)c(C(C)C)n1. The highest BCUT2D eigenvalue weighted by molar-refractivity contribution is 6.12. The molecular weight excluding hydrogens is 717 g/mol. The Morgan fingerprint density at radius 1 is 0.559 bits per heavy atom. The van der Waals surface area contributed by atoms with Crippen LogP contribution < -0.4 is 4.74 Å². The molecule has 0 fully saturated rings. The summed E-state index contributed by atoms with van der Waals surface area (Å²) < 4.78 is 6.62. The summed E-state index contributed by atoms with van der Waals surface area (Å²) in [5.41, 5.74) is 17.7. The van der Waals surface area contributed by atoms with Gasteiger partial charge in [0.25, 0.3) is 0 Å². The molecule has 0 amide bonds. The third-order valence-electron chi connectivity index (χ3n) is 12.9. The van der Waals surface area contributed by atoms with Gasteiger partial charge in [0.1, 0.15) is 11.5 Å². The Morgan fingerprint density at radius 2 is 1.17 bits per heavy atom. The molecule has 0 bridgehead atoms. The van der Waals surface area contributed by atoms with Crippen molar-refractivity contribution in [3.05, 3.63) is 214 Å². The van der Waals surface area contributed by atoms with Crippen LogP contribution in [0.15, 0.2) is 169 Å². The van der Waals surface area contributed by atoms with Gasteiger partial charge in [-0.05, 0) is 105 Å². The lowest BCUT2D eigenvalue weighted by Gasteiger charge is -2.39. The second-order valence-corrected chi connectivity index (χ2v) is 17.3. The van der Waals surface area contributed by atoms with Crippen LogP contribution in [0, 0.1) is 5.92 Å². The molecule has 290 valence electrons. The number of allylic oxidation sites excluding steroid dienone is 2. The first kappa shape index (κ1) is 37.0. The molecular formula is C56H50N2O. The molecule has 0 saturated heterocycles. The number of hydrogen-bond acceptors (Lipinski definition) is 3. The van der Waals surface area contributed by atoms with Gasteiger partial charge in [-0.25, -0.2) is 0 Å². The van der Waals surface area contributed by atoms with E-state index in [1.165, 1.54) is 66.9 Å². The van der Waals surface area contributed by atoms with Gasteiger partial charge in [0.2, 0.25) is 0 Å². The van der Waals surface area contributed by atoms with E-state index < -0.39 is 5.41 Å². The molecule has 0 saturated carbocycles. The molecule has 0 N–H and O–H groups in total. The van der Waals surface area contributed by atoms with Gasteiger partial charge in [0.15, 0.2) is 0 Å². The molecule has 0 radical (unpaired) electrons. The van der Waals surface area contributed by atoms with E-state index in [1.54, 1.807) is 0 Å². The normalized spacial score (nSPS) is 19.3. The zero-order valence-electron chi connectivity index (χ0n) is 34.6. The number of benzene rings is 6. The zero-order valence-corrected chi connectivity index (χ0v) is 34.6. The van der Waals surface area contributed by atoms with E-state index in [2.05, 4.69) is 198 Å². The monoisotopic (exact) mass is 766 g/mol. The lowest BCUT2D eigenvalue weighted by Crippen LogP contribution is -2.32. The third kappa shape index (κ3) is 6.18. The molecule has 2 unspecified atom stereocenters. The van der Waals surface area contributed by atoms with Crippen molar-refractivity contribution in [2.75, 3.05) is 0 Å². The molecule has 6 aromatic carbocycles. The average molecular weight is 767 g/mol. The fourth-order valence-corrected chi connectivity index (χ4v) is 9.91. The van der Waals surface area contributed by atoms with Gasteiger partial charge in [-0.1, -0.05) is 174 Å². The molecule has 2 aliphatic heterocycles. The molecule has 1 spiro atoms. The number of hydrogen-bond donors (Lipinski definition) is 0. The first-order valence-electron chi connectivity index (χ1n) is 21.4. The van der Waals surface area contributed by atoms with Crippen molar-refractivity contribution in [3.63, 3.8) is 0 Å². The van der Waals surface area contributed by atoms with Crippen molar-refractivity contribution in [3.8, 4) is 33.8 Å². The Kier molecular flexibility index (Phi) is 9.28. The highest BCUT2D eigenvalue weighted by Crippen LogP contribution is 2.62. The molecule has 7 aromatic rings. The van der Waals surface area contributed by atoms with Crippen molar-refractivity contribution in [1.29, 1.82) is 0 Å². The molecule has 3 aliphatic rings. The minimum atomic E-state index is -0.508. The number of ether oxygens (including phenoxy) is 1. The van der Waals surface area contributed by atoms with Gasteiger partial charge in [-0.15, -0.1) is 0 Å². The smallest absolute Gasteiger partial charge is 0.132 e. The maximum absolute atomic E-state index is 6.62. The van der Waals surface area contributed by atoms with Crippen LogP contribution in [0.1, 0.15) is 116 Å².